The van der Waals surface area contributed by atoms with Crippen molar-refractivity contribution in [2.75, 3.05) is 6.54 Å². The van der Waals surface area contributed by atoms with Crippen molar-refractivity contribution in [2.45, 2.75) is 13.0 Å². The van der Waals surface area contributed by atoms with Gasteiger partial charge in [-0.1, -0.05) is 17.9 Å². The van der Waals surface area contributed by atoms with Crippen LogP contribution in [0.15, 0.2) is 79.6 Å². The third-order valence-corrected chi connectivity index (χ3v) is 4.61. The average molecular weight is 413 g/mol. The second kappa shape index (κ2) is 9.55. The number of rotatable bonds is 6. The lowest BCUT2D eigenvalue weighted by Gasteiger charge is -2.09. The predicted molar refractivity (Wildman–Crippen MR) is 115 cm³/mol. The van der Waals surface area contributed by atoms with Crippen molar-refractivity contribution in [1.82, 2.24) is 24.6 Å². The highest BCUT2D eigenvalue weighted by molar-refractivity contribution is 5.95. The highest BCUT2D eigenvalue weighted by atomic mass is 19.1. The van der Waals surface area contributed by atoms with E-state index in [4.69, 9.17) is 0 Å². The molecule has 0 unspecified atom stereocenters. The molecular formula is C24H20FN5O. The molecule has 0 fully saturated rings. The molecule has 2 heterocycles. The van der Waals surface area contributed by atoms with Gasteiger partial charge in [-0.05, 0) is 48.9 Å². The van der Waals surface area contributed by atoms with Gasteiger partial charge in [0.1, 0.15) is 5.82 Å². The maximum absolute atomic E-state index is 13.5. The molecule has 0 bridgehead atoms. The maximum Gasteiger partial charge on any atom is 0.251 e. The Labute approximate surface area is 179 Å². The molecule has 6 nitrogen and oxygen atoms in total. The monoisotopic (exact) mass is 413 g/mol. The molecule has 2 aromatic heterocycles. The molecule has 0 saturated heterocycles. The molecule has 7 heteroatoms. The Hall–Kier alpha value is -4.18. The van der Waals surface area contributed by atoms with Crippen molar-refractivity contribution in [3.8, 4) is 17.5 Å². The summed E-state index contributed by atoms with van der Waals surface area (Å²) in [7, 11) is 0. The second-order valence-corrected chi connectivity index (χ2v) is 6.85. The molecule has 0 aliphatic heterocycles. The van der Waals surface area contributed by atoms with Gasteiger partial charge in [-0.15, -0.1) is 0 Å². The van der Waals surface area contributed by atoms with Gasteiger partial charge in [-0.25, -0.2) is 14.1 Å². The SMILES string of the molecule is O=C(NCCCn1ccnc1)c1ccc(-n2cccn2)c(C#Cc2cccc(F)c2)c1. The molecule has 0 radical (unpaired) electrons. The van der Waals surface area contributed by atoms with Crippen LogP contribution in [0.25, 0.3) is 5.69 Å². The van der Waals surface area contributed by atoms with Crippen LogP contribution < -0.4 is 5.32 Å². The molecule has 4 aromatic rings. The summed E-state index contributed by atoms with van der Waals surface area (Å²) in [5.41, 5.74) is 2.42. The summed E-state index contributed by atoms with van der Waals surface area (Å²) >= 11 is 0. The number of nitrogens with zero attached hydrogens (tertiary/aromatic N) is 4. The molecule has 0 spiro atoms. The van der Waals surface area contributed by atoms with Crippen LogP contribution in [0.1, 0.15) is 27.9 Å². The van der Waals surface area contributed by atoms with Crippen LogP contribution in [-0.4, -0.2) is 31.8 Å². The fraction of sp³-hybridized carbons (Fsp3) is 0.125. The van der Waals surface area contributed by atoms with Crippen molar-refractivity contribution in [3.05, 3.63) is 102 Å². The highest BCUT2D eigenvalue weighted by Gasteiger charge is 2.10. The number of imidazole rings is 1. The molecule has 31 heavy (non-hydrogen) atoms. The lowest BCUT2D eigenvalue weighted by Crippen LogP contribution is -2.25. The van der Waals surface area contributed by atoms with E-state index in [9.17, 15) is 9.18 Å². The number of hydrogen-bond donors (Lipinski definition) is 1. The van der Waals surface area contributed by atoms with E-state index in [1.54, 1.807) is 53.9 Å². The topological polar surface area (TPSA) is 64.7 Å². The molecular weight excluding hydrogens is 393 g/mol. The van der Waals surface area contributed by atoms with Crippen LogP contribution in [0, 0.1) is 17.7 Å². The van der Waals surface area contributed by atoms with Gasteiger partial charge >= 0.3 is 0 Å². The largest absolute Gasteiger partial charge is 0.352 e. The van der Waals surface area contributed by atoms with Crippen LogP contribution in [0.3, 0.4) is 0 Å². The standard InChI is InChI=1S/C24H20FN5O/c25-22-5-1-4-19(16-22)6-7-20-17-21(8-9-23(20)30-14-3-11-28-30)24(31)27-10-2-13-29-15-12-26-18-29/h1,3-5,8-9,11-12,14-18H,2,10,13H2,(H,27,31). The zero-order valence-corrected chi connectivity index (χ0v) is 16.7. The molecule has 0 aliphatic carbocycles. The van der Waals surface area contributed by atoms with Crippen molar-refractivity contribution in [3.63, 3.8) is 0 Å². The molecule has 1 N–H and O–H groups in total. The minimum atomic E-state index is -0.345. The first-order chi connectivity index (χ1) is 15.2. The number of amides is 1. The van der Waals surface area contributed by atoms with Gasteiger partial charge in [0.15, 0.2) is 0 Å². The van der Waals surface area contributed by atoms with Crippen LogP contribution in [-0.2, 0) is 6.54 Å². The van der Waals surface area contributed by atoms with E-state index in [1.807, 2.05) is 22.9 Å². The van der Waals surface area contributed by atoms with Crippen molar-refractivity contribution in [1.29, 1.82) is 0 Å². The fourth-order valence-electron chi connectivity index (χ4n) is 3.08. The summed E-state index contributed by atoms with van der Waals surface area (Å²) in [6.07, 6.45) is 9.63. The van der Waals surface area contributed by atoms with E-state index in [-0.39, 0.29) is 11.7 Å². The number of carbonyl (C=O) groups is 1. The van der Waals surface area contributed by atoms with Gasteiger partial charge in [0.05, 0.1) is 17.6 Å². The van der Waals surface area contributed by atoms with Gasteiger partial charge in [-0.2, -0.15) is 5.10 Å². The Balaban J connectivity index is 1.52. The summed E-state index contributed by atoms with van der Waals surface area (Å²) in [5.74, 6) is 5.51. The minimum absolute atomic E-state index is 0.175. The number of carbonyl (C=O) groups excluding carboxylic acids is 1. The Morgan fingerprint density at radius 1 is 1.06 bits per heavy atom. The van der Waals surface area contributed by atoms with Gasteiger partial charge in [0.2, 0.25) is 0 Å². The smallest absolute Gasteiger partial charge is 0.251 e. The van der Waals surface area contributed by atoms with Crippen molar-refractivity contribution in [2.24, 2.45) is 0 Å². The van der Waals surface area contributed by atoms with Gasteiger partial charge in [0, 0.05) is 49.0 Å². The molecule has 0 atom stereocenters. The number of nitrogens with one attached hydrogen (secondary N) is 1. The molecule has 0 aliphatic rings. The Morgan fingerprint density at radius 2 is 2.00 bits per heavy atom. The summed E-state index contributed by atoms with van der Waals surface area (Å²) in [6.45, 7) is 1.32. The normalized spacial score (nSPS) is 10.4. The number of aromatic nitrogens is 4. The van der Waals surface area contributed by atoms with E-state index in [0.717, 1.165) is 18.7 Å². The molecule has 1 amide bonds. The third kappa shape index (κ3) is 5.25. The molecule has 2 aromatic carbocycles. The molecule has 154 valence electrons. The quantitative estimate of drug-likeness (QED) is 0.389. The first kappa shape index (κ1) is 20.1. The molecule has 0 saturated carbocycles. The van der Waals surface area contributed by atoms with E-state index < -0.39 is 0 Å². The predicted octanol–water partition coefficient (Wildman–Crippen LogP) is 3.43. The maximum atomic E-state index is 13.5. The summed E-state index contributed by atoms with van der Waals surface area (Å²) in [5, 5.41) is 7.19. The zero-order valence-electron chi connectivity index (χ0n) is 16.7. The number of hydrogen-bond acceptors (Lipinski definition) is 3. The van der Waals surface area contributed by atoms with Crippen molar-refractivity contribution < 1.29 is 9.18 Å². The lowest BCUT2D eigenvalue weighted by atomic mass is 10.1. The minimum Gasteiger partial charge on any atom is -0.352 e. The van der Waals surface area contributed by atoms with E-state index in [2.05, 4.69) is 27.2 Å². The first-order valence-corrected chi connectivity index (χ1v) is 9.85. The van der Waals surface area contributed by atoms with Gasteiger partial charge < -0.3 is 9.88 Å². The van der Waals surface area contributed by atoms with Gasteiger partial charge in [-0.3, -0.25) is 4.79 Å². The summed E-state index contributed by atoms with van der Waals surface area (Å²) in [6, 6.07) is 13.2. The molecule has 4 rings (SSSR count). The first-order valence-electron chi connectivity index (χ1n) is 9.85. The number of halogens is 1. The second-order valence-electron chi connectivity index (χ2n) is 6.85. The van der Waals surface area contributed by atoms with E-state index in [1.165, 1.54) is 12.1 Å². The van der Waals surface area contributed by atoms with Crippen LogP contribution >= 0.6 is 0 Å². The fourth-order valence-corrected chi connectivity index (χ4v) is 3.08. The van der Waals surface area contributed by atoms with E-state index in [0.29, 0.717) is 23.2 Å². The Kier molecular flexibility index (Phi) is 6.19. The number of benzene rings is 2. The van der Waals surface area contributed by atoms with Crippen molar-refractivity contribution >= 4 is 5.91 Å². The zero-order chi connectivity index (χ0) is 21.5. The highest BCUT2D eigenvalue weighted by Crippen LogP contribution is 2.16. The van der Waals surface area contributed by atoms with Crippen LogP contribution in [0.4, 0.5) is 4.39 Å². The summed E-state index contributed by atoms with van der Waals surface area (Å²) in [4.78, 5) is 16.6. The van der Waals surface area contributed by atoms with E-state index >= 15 is 0 Å². The van der Waals surface area contributed by atoms with Crippen LogP contribution in [0.2, 0.25) is 0 Å². The third-order valence-electron chi connectivity index (χ3n) is 4.61. The summed E-state index contributed by atoms with van der Waals surface area (Å²) < 4.78 is 17.1. The van der Waals surface area contributed by atoms with Crippen LogP contribution in [0.5, 0.6) is 0 Å². The van der Waals surface area contributed by atoms with Gasteiger partial charge in [0.25, 0.3) is 5.91 Å². The Bertz CT molecular complexity index is 1220. The Morgan fingerprint density at radius 3 is 2.77 bits per heavy atom. The lowest BCUT2D eigenvalue weighted by molar-refractivity contribution is 0.0952. The number of aryl methyl sites for hydroxylation is 1. The average Bonchev–Trinajstić information content (AvgIpc) is 3.49.